The minimum absolute atomic E-state index is 0.126. The third kappa shape index (κ3) is 5.80. The second-order valence-corrected chi connectivity index (χ2v) is 14.7. The molecule has 10 rings (SSSR count). The molecule has 0 radical (unpaired) electrons. The standard InChI is InChI=1S/C51H36N4/c1-51(2)44-24-13-12-23-40(44)42-30-43-41(35-17-8-4-9-18-35)31-46(52-47(43)32-45(42)51)38-21-14-22-39(29-38)50-54-48(36-19-10-5-11-20-36)53-49(55-50)37-27-25-34(26-28-37)33-15-6-3-7-16-33/h3-32H,1-2H3. The molecule has 0 aliphatic heterocycles. The number of hydrogen-bond acceptors (Lipinski definition) is 4. The highest BCUT2D eigenvalue weighted by molar-refractivity contribution is 6.01. The highest BCUT2D eigenvalue weighted by atomic mass is 15.0. The molecule has 55 heavy (non-hydrogen) atoms. The van der Waals surface area contributed by atoms with E-state index in [9.17, 15) is 0 Å². The Kier molecular flexibility index (Phi) is 7.77. The Balaban J connectivity index is 1.11. The zero-order valence-electron chi connectivity index (χ0n) is 30.6. The maximum atomic E-state index is 5.38. The SMILES string of the molecule is CC1(C)c2ccccc2-c2cc3c(-c4ccccc4)cc(-c4cccc(-c5nc(-c6ccccc6)nc(-c6ccc(-c7ccccc7)cc6)n5)c4)nc3cc21. The van der Waals surface area contributed by atoms with Gasteiger partial charge in [-0.25, -0.2) is 19.9 Å². The van der Waals surface area contributed by atoms with Crippen LogP contribution in [-0.4, -0.2) is 19.9 Å². The molecular formula is C51H36N4. The average molecular weight is 705 g/mol. The van der Waals surface area contributed by atoms with Crippen molar-refractivity contribution in [2.75, 3.05) is 0 Å². The minimum atomic E-state index is -0.126. The number of fused-ring (bicyclic) bond motifs is 4. The summed E-state index contributed by atoms with van der Waals surface area (Å²) in [5.74, 6) is 1.87. The van der Waals surface area contributed by atoms with Crippen molar-refractivity contribution in [1.29, 1.82) is 0 Å². The van der Waals surface area contributed by atoms with Crippen molar-refractivity contribution in [3.63, 3.8) is 0 Å². The van der Waals surface area contributed by atoms with E-state index in [2.05, 4.69) is 159 Å². The first-order valence-electron chi connectivity index (χ1n) is 18.7. The molecule has 9 aromatic rings. The molecule has 1 aliphatic rings. The van der Waals surface area contributed by atoms with E-state index in [1.165, 1.54) is 27.8 Å². The molecule has 0 atom stereocenters. The first-order valence-corrected chi connectivity index (χ1v) is 18.7. The summed E-state index contributed by atoms with van der Waals surface area (Å²) in [5.41, 5.74) is 15.4. The normalized spacial score (nSPS) is 12.7. The fourth-order valence-corrected chi connectivity index (χ4v) is 8.04. The van der Waals surface area contributed by atoms with E-state index in [1.54, 1.807) is 0 Å². The van der Waals surface area contributed by atoms with Crippen LogP contribution >= 0.6 is 0 Å². The fourth-order valence-electron chi connectivity index (χ4n) is 8.04. The number of pyridine rings is 1. The Morgan fingerprint density at radius 2 is 0.836 bits per heavy atom. The average Bonchev–Trinajstić information content (AvgIpc) is 3.48. The van der Waals surface area contributed by atoms with Crippen LogP contribution < -0.4 is 0 Å². The predicted molar refractivity (Wildman–Crippen MR) is 225 cm³/mol. The molecule has 0 fully saturated rings. The van der Waals surface area contributed by atoms with Gasteiger partial charge in [0.2, 0.25) is 0 Å². The molecule has 260 valence electrons. The lowest BCUT2D eigenvalue weighted by molar-refractivity contribution is 0.661. The maximum Gasteiger partial charge on any atom is 0.164 e. The second-order valence-electron chi connectivity index (χ2n) is 14.7. The summed E-state index contributed by atoms with van der Waals surface area (Å²) in [5, 5.41) is 1.14. The van der Waals surface area contributed by atoms with Gasteiger partial charge >= 0.3 is 0 Å². The molecule has 0 N–H and O–H groups in total. The van der Waals surface area contributed by atoms with E-state index < -0.39 is 0 Å². The lowest BCUT2D eigenvalue weighted by atomic mass is 9.82. The van der Waals surface area contributed by atoms with Gasteiger partial charge in [-0.2, -0.15) is 0 Å². The second kappa shape index (κ2) is 13.1. The van der Waals surface area contributed by atoms with Crippen LogP contribution in [0.2, 0.25) is 0 Å². The summed E-state index contributed by atoms with van der Waals surface area (Å²) < 4.78 is 0. The number of hydrogen-bond donors (Lipinski definition) is 0. The third-order valence-electron chi connectivity index (χ3n) is 10.9. The molecule has 0 unspecified atom stereocenters. The topological polar surface area (TPSA) is 51.6 Å². The van der Waals surface area contributed by atoms with Crippen molar-refractivity contribution in [3.05, 3.63) is 193 Å². The van der Waals surface area contributed by atoms with Gasteiger partial charge < -0.3 is 0 Å². The maximum absolute atomic E-state index is 5.38. The molecule has 0 spiro atoms. The molecule has 2 aromatic heterocycles. The zero-order valence-corrected chi connectivity index (χ0v) is 30.6. The number of benzene rings is 7. The van der Waals surface area contributed by atoms with Gasteiger partial charge in [0.05, 0.1) is 11.2 Å². The summed E-state index contributed by atoms with van der Waals surface area (Å²) in [4.78, 5) is 20.5. The molecule has 2 heterocycles. The highest BCUT2D eigenvalue weighted by Gasteiger charge is 2.35. The van der Waals surface area contributed by atoms with Gasteiger partial charge in [0.1, 0.15) is 0 Å². The van der Waals surface area contributed by atoms with Crippen molar-refractivity contribution >= 4 is 10.9 Å². The van der Waals surface area contributed by atoms with Crippen molar-refractivity contribution in [2.24, 2.45) is 0 Å². The third-order valence-corrected chi connectivity index (χ3v) is 10.9. The highest BCUT2D eigenvalue weighted by Crippen LogP contribution is 2.50. The van der Waals surface area contributed by atoms with Gasteiger partial charge in [0, 0.05) is 33.1 Å². The van der Waals surface area contributed by atoms with E-state index in [1.807, 2.05) is 36.4 Å². The Hall–Kier alpha value is -7.04. The summed E-state index contributed by atoms with van der Waals surface area (Å²) >= 11 is 0. The smallest absolute Gasteiger partial charge is 0.164 e. The molecular weight excluding hydrogens is 669 g/mol. The summed E-state index contributed by atoms with van der Waals surface area (Å²) in [6.07, 6.45) is 0. The monoisotopic (exact) mass is 704 g/mol. The van der Waals surface area contributed by atoms with Crippen molar-refractivity contribution in [3.8, 4) is 78.8 Å². The van der Waals surface area contributed by atoms with Gasteiger partial charge in [-0.1, -0.05) is 172 Å². The van der Waals surface area contributed by atoms with Crippen LogP contribution in [0, 0.1) is 0 Å². The number of rotatable bonds is 6. The molecule has 4 nitrogen and oxygen atoms in total. The number of aromatic nitrogens is 4. The van der Waals surface area contributed by atoms with Crippen LogP contribution in [0.4, 0.5) is 0 Å². The van der Waals surface area contributed by atoms with E-state index in [0.717, 1.165) is 55.5 Å². The van der Waals surface area contributed by atoms with Crippen molar-refractivity contribution in [1.82, 2.24) is 19.9 Å². The van der Waals surface area contributed by atoms with Crippen molar-refractivity contribution in [2.45, 2.75) is 19.3 Å². The summed E-state index contributed by atoms with van der Waals surface area (Å²) in [6.45, 7) is 4.64. The lowest BCUT2D eigenvalue weighted by Gasteiger charge is -2.22. The number of nitrogens with zero attached hydrogens (tertiary/aromatic N) is 4. The zero-order chi connectivity index (χ0) is 36.9. The van der Waals surface area contributed by atoms with Gasteiger partial charge in [-0.05, 0) is 68.8 Å². The van der Waals surface area contributed by atoms with Crippen LogP contribution in [0.1, 0.15) is 25.0 Å². The Morgan fingerprint density at radius 3 is 1.53 bits per heavy atom. The van der Waals surface area contributed by atoms with E-state index in [0.29, 0.717) is 17.5 Å². The Bertz CT molecular complexity index is 2860. The Labute approximate surface area is 320 Å². The molecule has 0 saturated heterocycles. The molecule has 4 heteroatoms. The van der Waals surface area contributed by atoms with Crippen LogP contribution in [0.25, 0.3) is 89.7 Å². The fraction of sp³-hybridized carbons (Fsp3) is 0.0588. The summed E-state index contributed by atoms with van der Waals surface area (Å²) in [6, 6.07) is 63.7. The molecule has 7 aromatic carbocycles. The van der Waals surface area contributed by atoms with E-state index in [4.69, 9.17) is 19.9 Å². The summed E-state index contributed by atoms with van der Waals surface area (Å²) in [7, 11) is 0. The molecule has 0 amide bonds. The lowest BCUT2D eigenvalue weighted by Crippen LogP contribution is -2.14. The van der Waals surface area contributed by atoms with Crippen LogP contribution in [0.3, 0.4) is 0 Å². The minimum Gasteiger partial charge on any atom is -0.248 e. The first-order chi connectivity index (χ1) is 27.0. The van der Waals surface area contributed by atoms with E-state index in [-0.39, 0.29) is 5.41 Å². The largest absolute Gasteiger partial charge is 0.248 e. The predicted octanol–water partition coefficient (Wildman–Crippen LogP) is 12.7. The van der Waals surface area contributed by atoms with Gasteiger partial charge in [-0.15, -0.1) is 0 Å². The van der Waals surface area contributed by atoms with E-state index >= 15 is 0 Å². The molecule has 0 saturated carbocycles. The first kappa shape index (κ1) is 32.6. The van der Waals surface area contributed by atoms with Gasteiger partial charge in [-0.3, -0.25) is 0 Å². The van der Waals surface area contributed by atoms with Crippen molar-refractivity contribution < 1.29 is 0 Å². The van der Waals surface area contributed by atoms with Crippen LogP contribution in [-0.2, 0) is 5.41 Å². The Morgan fingerprint density at radius 1 is 0.327 bits per heavy atom. The van der Waals surface area contributed by atoms with Crippen LogP contribution in [0.15, 0.2) is 182 Å². The molecule has 1 aliphatic carbocycles. The molecule has 0 bridgehead atoms. The quantitative estimate of drug-likeness (QED) is 0.173. The van der Waals surface area contributed by atoms with Gasteiger partial charge in [0.15, 0.2) is 17.5 Å². The van der Waals surface area contributed by atoms with Crippen LogP contribution in [0.5, 0.6) is 0 Å². The van der Waals surface area contributed by atoms with Gasteiger partial charge in [0.25, 0.3) is 0 Å².